The molecule has 17 heavy (non-hydrogen) atoms. The minimum Gasteiger partial charge on any atom is -0.506 e. The number of aromatic hydroxyl groups is 1. The van der Waals surface area contributed by atoms with Crippen molar-refractivity contribution >= 4 is 27.3 Å². The maximum Gasteiger partial charge on any atom is 0.233 e. The fourth-order valence-electron chi connectivity index (χ4n) is 1.36. The fourth-order valence-corrected chi connectivity index (χ4v) is 3.18. The van der Waals surface area contributed by atoms with E-state index in [9.17, 15) is 13.5 Å². The summed E-state index contributed by atoms with van der Waals surface area (Å²) >= 11 is 5.63. The Kier molecular flexibility index (Phi) is 3.94. The molecule has 0 aliphatic carbocycles. The zero-order chi connectivity index (χ0) is 13.3. The lowest BCUT2D eigenvalue weighted by Crippen LogP contribution is -2.26. The fraction of sp³-hybridized carbons (Fsp3) is 0.455. The molecule has 0 amide bonds. The van der Waals surface area contributed by atoms with Crippen molar-refractivity contribution in [1.82, 2.24) is 0 Å². The third-order valence-corrected chi connectivity index (χ3v) is 3.95. The van der Waals surface area contributed by atoms with Crippen molar-refractivity contribution in [2.24, 2.45) is 5.41 Å². The number of sulfonamides is 1. The van der Waals surface area contributed by atoms with E-state index in [1.807, 2.05) is 20.8 Å². The molecule has 4 nitrogen and oxygen atoms in total. The first-order valence-corrected chi connectivity index (χ1v) is 7.11. The number of hydrogen-bond donors (Lipinski definition) is 2. The quantitative estimate of drug-likeness (QED) is 0.893. The first-order valence-electron chi connectivity index (χ1n) is 5.08. The van der Waals surface area contributed by atoms with Gasteiger partial charge in [-0.1, -0.05) is 32.4 Å². The molecule has 0 saturated carbocycles. The Bertz CT molecular complexity index is 506. The number of phenolic OH excluding ortho intramolecular Hbond substituents is 1. The van der Waals surface area contributed by atoms with E-state index in [0.29, 0.717) is 5.69 Å². The minimum atomic E-state index is -3.43. The molecule has 0 heterocycles. The third kappa shape index (κ3) is 4.83. The molecular weight excluding hydrogens is 262 g/mol. The van der Waals surface area contributed by atoms with E-state index in [2.05, 4.69) is 4.72 Å². The Labute approximate surface area is 107 Å². The van der Waals surface area contributed by atoms with Gasteiger partial charge in [-0.05, 0) is 17.5 Å². The van der Waals surface area contributed by atoms with Crippen LogP contribution in [0.1, 0.15) is 20.8 Å². The van der Waals surface area contributed by atoms with Gasteiger partial charge in [0.05, 0.1) is 16.5 Å². The molecule has 96 valence electrons. The molecule has 0 radical (unpaired) electrons. The molecule has 0 saturated heterocycles. The lowest BCUT2D eigenvalue weighted by molar-refractivity contribution is 0.463. The topological polar surface area (TPSA) is 66.4 Å². The Hall–Kier alpha value is -0.940. The van der Waals surface area contributed by atoms with Crippen molar-refractivity contribution in [3.63, 3.8) is 0 Å². The summed E-state index contributed by atoms with van der Waals surface area (Å²) in [5, 5.41) is 9.55. The molecule has 6 heteroatoms. The first kappa shape index (κ1) is 14.1. The highest BCUT2D eigenvalue weighted by molar-refractivity contribution is 7.92. The van der Waals surface area contributed by atoms with Crippen molar-refractivity contribution in [1.29, 1.82) is 0 Å². The maximum atomic E-state index is 11.8. The third-order valence-electron chi connectivity index (χ3n) is 1.84. The van der Waals surface area contributed by atoms with Crippen LogP contribution in [0.3, 0.4) is 0 Å². The van der Waals surface area contributed by atoms with Crippen LogP contribution in [-0.4, -0.2) is 19.3 Å². The Morgan fingerprint density at radius 2 is 1.94 bits per heavy atom. The first-order chi connectivity index (χ1) is 7.59. The molecular formula is C11H16ClNO3S. The van der Waals surface area contributed by atoms with E-state index in [4.69, 9.17) is 11.6 Å². The van der Waals surface area contributed by atoms with Crippen molar-refractivity contribution in [2.75, 3.05) is 10.5 Å². The lowest BCUT2D eigenvalue weighted by atomic mass is 10.0. The molecule has 0 unspecified atom stereocenters. The van der Waals surface area contributed by atoms with Gasteiger partial charge in [0.25, 0.3) is 0 Å². The van der Waals surface area contributed by atoms with Crippen LogP contribution in [0.4, 0.5) is 5.69 Å². The highest BCUT2D eigenvalue weighted by Crippen LogP contribution is 2.27. The summed E-state index contributed by atoms with van der Waals surface area (Å²) in [4.78, 5) is 0. The molecule has 1 aromatic carbocycles. The number of halogens is 1. The van der Waals surface area contributed by atoms with Crippen molar-refractivity contribution < 1.29 is 13.5 Å². The van der Waals surface area contributed by atoms with E-state index >= 15 is 0 Å². The second kappa shape index (κ2) is 4.74. The average molecular weight is 278 g/mol. The van der Waals surface area contributed by atoms with Crippen molar-refractivity contribution in [2.45, 2.75) is 20.8 Å². The molecule has 0 spiro atoms. The van der Waals surface area contributed by atoms with Gasteiger partial charge in [-0.25, -0.2) is 8.42 Å². The van der Waals surface area contributed by atoms with Crippen molar-refractivity contribution in [3.05, 3.63) is 23.2 Å². The number of hydrogen-bond acceptors (Lipinski definition) is 3. The van der Waals surface area contributed by atoms with Gasteiger partial charge in [-0.15, -0.1) is 0 Å². The summed E-state index contributed by atoms with van der Waals surface area (Å²) in [6.45, 7) is 5.52. The van der Waals surface area contributed by atoms with Crippen LogP contribution in [0.25, 0.3) is 0 Å². The van der Waals surface area contributed by atoms with Gasteiger partial charge < -0.3 is 5.11 Å². The maximum absolute atomic E-state index is 11.8. The summed E-state index contributed by atoms with van der Waals surface area (Å²) in [5.74, 6) is -0.147. The SMILES string of the molecule is CC(C)(C)CS(=O)(=O)Nc1ccc(Cl)c(O)c1. The van der Waals surface area contributed by atoms with Crippen LogP contribution in [0.2, 0.25) is 5.02 Å². The van der Waals surface area contributed by atoms with Gasteiger partial charge in [0.15, 0.2) is 0 Å². The van der Waals surface area contributed by atoms with Crippen LogP contribution in [0, 0.1) is 5.41 Å². The highest BCUT2D eigenvalue weighted by Gasteiger charge is 2.21. The lowest BCUT2D eigenvalue weighted by Gasteiger charge is -2.18. The van der Waals surface area contributed by atoms with Gasteiger partial charge in [-0.3, -0.25) is 4.72 Å². The molecule has 0 aliphatic heterocycles. The molecule has 2 N–H and O–H groups in total. The molecule has 1 rings (SSSR count). The minimum absolute atomic E-state index is 0.00336. The summed E-state index contributed by atoms with van der Waals surface area (Å²) in [6, 6.07) is 4.22. The monoisotopic (exact) mass is 277 g/mol. The van der Waals surface area contributed by atoms with E-state index in [1.54, 1.807) is 0 Å². The van der Waals surface area contributed by atoms with E-state index < -0.39 is 10.0 Å². The van der Waals surface area contributed by atoms with Gasteiger partial charge in [0.2, 0.25) is 10.0 Å². The number of anilines is 1. The predicted molar refractivity (Wildman–Crippen MR) is 70.0 cm³/mol. The van der Waals surface area contributed by atoms with E-state index in [0.717, 1.165) is 0 Å². The predicted octanol–water partition coefficient (Wildman–Crippen LogP) is 2.83. The largest absolute Gasteiger partial charge is 0.506 e. The van der Waals surface area contributed by atoms with Crippen LogP contribution in [0.15, 0.2) is 18.2 Å². The zero-order valence-corrected chi connectivity index (χ0v) is 11.6. The Morgan fingerprint density at radius 3 is 2.41 bits per heavy atom. The summed E-state index contributed by atoms with van der Waals surface area (Å²) in [7, 11) is -3.43. The molecule has 0 atom stereocenters. The number of phenols is 1. The molecule has 1 aromatic rings. The van der Waals surface area contributed by atoms with Gasteiger partial charge in [0, 0.05) is 6.07 Å². The smallest absolute Gasteiger partial charge is 0.233 e. The van der Waals surface area contributed by atoms with E-state index in [-0.39, 0.29) is 21.9 Å². The highest BCUT2D eigenvalue weighted by atomic mass is 35.5. The normalized spacial score (nSPS) is 12.5. The van der Waals surface area contributed by atoms with Crippen LogP contribution < -0.4 is 4.72 Å². The molecule has 0 bridgehead atoms. The van der Waals surface area contributed by atoms with Crippen molar-refractivity contribution in [3.8, 4) is 5.75 Å². The average Bonchev–Trinajstić information content (AvgIpc) is 2.06. The van der Waals surface area contributed by atoms with Crippen LogP contribution in [0.5, 0.6) is 5.75 Å². The second-order valence-electron chi connectivity index (χ2n) is 5.09. The molecule has 0 fully saturated rings. The van der Waals surface area contributed by atoms with E-state index in [1.165, 1.54) is 18.2 Å². The van der Waals surface area contributed by atoms with Gasteiger partial charge in [0.1, 0.15) is 5.75 Å². The Balaban J connectivity index is 2.87. The molecule has 0 aliphatic rings. The molecule has 0 aromatic heterocycles. The van der Waals surface area contributed by atoms with Gasteiger partial charge in [-0.2, -0.15) is 0 Å². The summed E-state index contributed by atoms with van der Waals surface area (Å²) in [6.07, 6.45) is 0. The van der Waals surface area contributed by atoms with Crippen LogP contribution >= 0.6 is 11.6 Å². The standard InChI is InChI=1S/C11H16ClNO3S/c1-11(2,3)7-17(15,16)13-8-4-5-9(12)10(14)6-8/h4-6,13-14H,7H2,1-3H3. The Morgan fingerprint density at radius 1 is 1.35 bits per heavy atom. The van der Waals surface area contributed by atoms with Gasteiger partial charge >= 0.3 is 0 Å². The second-order valence-corrected chi connectivity index (χ2v) is 7.22. The summed E-state index contributed by atoms with van der Waals surface area (Å²) < 4.78 is 26.0. The summed E-state index contributed by atoms with van der Waals surface area (Å²) in [5.41, 5.74) is -0.0310. The van der Waals surface area contributed by atoms with Crippen LogP contribution in [-0.2, 0) is 10.0 Å². The number of rotatable bonds is 3. The zero-order valence-electron chi connectivity index (χ0n) is 9.99. The number of nitrogens with one attached hydrogen (secondary N) is 1. The number of benzene rings is 1.